The van der Waals surface area contributed by atoms with Gasteiger partial charge in [-0.05, 0) is 55.8 Å². The van der Waals surface area contributed by atoms with Gasteiger partial charge in [0.2, 0.25) is 5.91 Å². The van der Waals surface area contributed by atoms with Crippen molar-refractivity contribution < 1.29 is 9.59 Å². The van der Waals surface area contributed by atoms with Gasteiger partial charge in [0.25, 0.3) is 0 Å². The van der Waals surface area contributed by atoms with E-state index in [-0.39, 0.29) is 24.0 Å². The molecule has 106 valence electrons. The van der Waals surface area contributed by atoms with E-state index in [0.29, 0.717) is 17.9 Å². The Morgan fingerprint density at radius 3 is 2.00 bits per heavy atom. The summed E-state index contributed by atoms with van der Waals surface area (Å²) in [6.45, 7) is 3.72. The van der Waals surface area contributed by atoms with Crippen LogP contribution >= 0.6 is 0 Å². The lowest BCUT2D eigenvalue weighted by atomic mass is 9.54. The van der Waals surface area contributed by atoms with Crippen molar-refractivity contribution in [3.8, 4) is 0 Å². The highest BCUT2D eigenvalue weighted by atomic mass is 16.2. The fourth-order valence-electron chi connectivity index (χ4n) is 4.76. The maximum atomic E-state index is 12.0. The third-order valence-corrected chi connectivity index (χ3v) is 5.53. The van der Waals surface area contributed by atoms with Crippen LogP contribution in [0.15, 0.2) is 0 Å². The van der Waals surface area contributed by atoms with Gasteiger partial charge in [-0.25, -0.2) is 0 Å². The summed E-state index contributed by atoms with van der Waals surface area (Å²) in [4.78, 5) is 23.7. The van der Waals surface area contributed by atoms with Crippen molar-refractivity contribution >= 4 is 11.7 Å². The zero-order valence-corrected chi connectivity index (χ0v) is 12.0. The predicted octanol–water partition coefficient (Wildman–Crippen LogP) is 2.54. The van der Waals surface area contributed by atoms with E-state index in [9.17, 15) is 9.59 Å². The highest BCUT2D eigenvalue weighted by Crippen LogP contribution is 2.53. The second-order valence-corrected chi connectivity index (χ2v) is 7.32. The van der Waals surface area contributed by atoms with E-state index in [0.717, 1.165) is 11.8 Å². The van der Waals surface area contributed by atoms with Crippen molar-refractivity contribution in [1.82, 2.24) is 5.32 Å². The zero-order chi connectivity index (χ0) is 13.6. The van der Waals surface area contributed by atoms with E-state index in [1.165, 1.54) is 32.1 Å². The number of rotatable bonds is 4. The Morgan fingerprint density at radius 2 is 1.53 bits per heavy atom. The fraction of sp³-hybridized carbons (Fsp3) is 0.875. The highest BCUT2D eigenvalue weighted by Gasteiger charge is 2.48. The highest BCUT2D eigenvalue weighted by molar-refractivity contribution is 5.98. The summed E-state index contributed by atoms with van der Waals surface area (Å²) >= 11 is 0. The Kier molecular flexibility index (Phi) is 3.40. The van der Waals surface area contributed by atoms with Gasteiger partial charge < -0.3 is 5.32 Å². The topological polar surface area (TPSA) is 46.2 Å². The van der Waals surface area contributed by atoms with Gasteiger partial charge in [0.15, 0.2) is 0 Å². The van der Waals surface area contributed by atoms with Crippen LogP contribution in [0.2, 0.25) is 0 Å². The standard InChI is InChI=1S/C16H25NO2/c1-9(2)14(18)8-15(19)17-16-12-4-10-3-11(6-12)7-13(16)5-10/h9-13,16H,3-8H2,1-2H3,(H,17,19). The molecular weight excluding hydrogens is 238 g/mol. The molecule has 0 aromatic rings. The lowest BCUT2D eigenvalue weighted by Gasteiger charge is -2.54. The second-order valence-electron chi connectivity index (χ2n) is 7.32. The van der Waals surface area contributed by atoms with Crippen LogP contribution in [0.25, 0.3) is 0 Å². The van der Waals surface area contributed by atoms with Gasteiger partial charge in [0.1, 0.15) is 5.78 Å². The molecule has 0 saturated heterocycles. The number of nitrogens with one attached hydrogen (secondary N) is 1. The number of carbonyl (C=O) groups excluding carboxylic acids is 2. The van der Waals surface area contributed by atoms with Crippen molar-refractivity contribution in [2.45, 2.75) is 58.4 Å². The molecule has 3 heteroatoms. The quantitative estimate of drug-likeness (QED) is 0.792. The van der Waals surface area contributed by atoms with Crippen LogP contribution in [0.3, 0.4) is 0 Å². The summed E-state index contributed by atoms with van der Waals surface area (Å²) in [5.41, 5.74) is 0. The van der Waals surface area contributed by atoms with Crippen molar-refractivity contribution in [1.29, 1.82) is 0 Å². The molecule has 4 rings (SSSR count). The van der Waals surface area contributed by atoms with E-state index in [4.69, 9.17) is 0 Å². The Morgan fingerprint density at radius 1 is 1.00 bits per heavy atom. The van der Waals surface area contributed by atoms with Crippen LogP contribution in [-0.4, -0.2) is 17.7 Å². The zero-order valence-electron chi connectivity index (χ0n) is 12.0. The molecule has 0 aromatic carbocycles. The molecule has 4 aliphatic rings. The van der Waals surface area contributed by atoms with Gasteiger partial charge in [-0.3, -0.25) is 9.59 Å². The maximum absolute atomic E-state index is 12.0. The Hall–Kier alpha value is -0.860. The van der Waals surface area contributed by atoms with E-state index in [1.54, 1.807) is 0 Å². The summed E-state index contributed by atoms with van der Waals surface area (Å²) in [5.74, 6) is 3.20. The monoisotopic (exact) mass is 263 g/mol. The Bertz CT molecular complexity index is 360. The predicted molar refractivity (Wildman–Crippen MR) is 73.4 cm³/mol. The number of amides is 1. The molecule has 0 aliphatic heterocycles. The number of hydrogen-bond acceptors (Lipinski definition) is 2. The van der Waals surface area contributed by atoms with Gasteiger partial charge in [-0.2, -0.15) is 0 Å². The first-order valence-corrected chi connectivity index (χ1v) is 7.85. The molecule has 0 aromatic heterocycles. The molecule has 4 saturated carbocycles. The van der Waals surface area contributed by atoms with Crippen molar-refractivity contribution in [2.24, 2.45) is 29.6 Å². The van der Waals surface area contributed by atoms with E-state index < -0.39 is 0 Å². The third kappa shape index (κ3) is 2.56. The molecule has 4 aliphatic carbocycles. The third-order valence-electron chi connectivity index (χ3n) is 5.53. The van der Waals surface area contributed by atoms with Crippen LogP contribution in [0.1, 0.15) is 52.4 Å². The Balaban J connectivity index is 1.58. The number of hydrogen-bond donors (Lipinski definition) is 1. The molecule has 0 heterocycles. The van der Waals surface area contributed by atoms with Gasteiger partial charge in [-0.1, -0.05) is 13.8 Å². The minimum absolute atomic E-state index is 0.0377. The van der Waals surface area contributed by atoms with Crippen molar-refractivity contribution in [2.75, 3.05) is 0 Å². The number of carbonyl (C=O) groups is 2. The maximum Gasteiger partial charge on any atom is 0.227 e. The molecular formula is C16H25NO2. The molecule has 4 fully saturated rings. The van der Waals surface area contributed by atoms with E-state index >= 15 is 0 Å². The molecule has 1 amide bonds. The molecule has 0 radical (unpaired) electrons. The first-order chi connectivity index (χ1) is 9.02. The first-order valence-electron chi connectivity index (χ1n) is 7.85. The average molecular weight is 263 g/mol. The van der Waals surface area contributed by atoms with Crippen LogP contribution in [0, 0.1) is 29.6 Å². The lowest BCUT2D eigenvalue weighted by Crippen LogP contribution is -2.56. The summed E-state index contributed by atoms with van der Waals surface area (Å²) in [6.07, 6.45) is 6.71. The summed E-state index contributed by atoms with van der Waals surface area (Å²) in [7, 11) is 0. The molecule has 1 N–H and O–H groups in total. The van der Waals surface area contributed by atoms with Crippen LogP contribution < -0.4 is 5.32 Å². The average Bonchev–Trinajstić information content (AvgIpc) is 2.32. The molecule has 19 heavy (non-hydrogen) atoms. The minimum Gasteiger partial charge on any atom is -0.352 e. The largest absolute Gasteiger partial charge is 0.352 e. The fourth-order valence-corrected chi connectivity index (χ4v) is 4.76. The van der Waals surface area contributed by atoms with Crippen LogP contribution in [-0.2, 0) is 9.59 Å². The second kappa shape index (κ2) is 4.92. The SMILES string of the molecule is CC(C)C(=O)CC(=O)NC1C2CC3CC(C2)CC1C3. The van der Waals surface area contributed by atoms with Gasteiger partial charge in [0, 0.05) is 12.0 Å². The van der Waals surface area contributed by atoms with Gasteiger partial charge >= 0.3 is 0 Å². The van der Waals surface area contributed by atoms with Crippen LogP contribution in [0.4, 0.5) is 0 Å². The Labute approximate surface area is 115 Å². The first kappa shape index (κ1) is 13.1. The van der Waals surface area contributed by atoms with E-state index in [1.807, 2.05) is 13.8 Å². The summed E-state index contributed by atoms with van der Waals surface area (Å²) < 4.78 is 0. The summed E-state index contributed by atoms with van der Waals surface area (Å²) in [5, 5.41) is 3.19. The lowest BCUT2D eigenvalue weighted by molar-refractivity contribution is -0.132. The number of Topliss-reactive ketones (excluding diaryl/α,β-unsaturated/α-hetero) is 1. The molecule has 3 nitrogen and oxygen atoms in total. The van der Waals surface area contributed by atoms with E-state index in [2.05, 4.69) is 5.32 Å². The molecule has 0 unspecified atom stereocenters. The smallest absolute Gasteiger partial charge is 0.227 e. The van der Waals surface area contributed by atoms with Gasteiger partial charge in [0.05, 0.1) is 6.42 Å². The van der Waals surface area contributed by atoms with Crippen molar-refractivity contribution in [3.63, 3.8) is 0 Å². The summed E-state index contributed by atoms with van der Waals surface area (Å²) in [6, 6.07) is 0.361. The number of ketones is 1. The molecule has 4 bridgehead atoms. The van der Waals surface area contributed by atoms with Crippen LogP contribution in [0.5, 0.6) is 0 Å². The normalized spacial score (nSPS) is 39.6. The minimum atomic E-state index is -0.0452. The van der Waals surface area contributed by atoms with Gasteiger partial charge in [-0.15, -0.1) is 0 Å². The molecule has 0 atom stereocenters. The van der Waals surface area contributed by atoms with Crippen molar-refractivity contribution in [3.05, 3.63) is 0 Å². The molecule has 0 spiro atoms.